The molecular formula is C15H15N7O3S. The van der Waals surface area contributed by atoms with E-state index in [4.69, 9.17) is 10.5 Å². The van der Waals surface area contributed by atoms with Crippen LogP contribution in [0.5, 0.6) is 5.75 Å². The summed E-state index contributed by atoms with van der Waals surface area (Å²) in [7, 11) is 0. The molecule has 0 aliphatic heterocycles. The van der Waals surface area contributed by atoms with Crippen molar-refractivity contribution in [1.29, 1.82) is 0 Å². The van der Waals surface area contributed by atoms with E-state index in [0.29, 0.717) is 22.4 Å². The maximum absolute atomic E-state index is 10.8. The van der Waals surface area contributed by atoms with Crippen molar-refractivity contribution in [3.63, 3.8) is 0 Å². The summed E-state index contributed by atoms with van der Waals surface area (Å²) in [6.07, 6.45) is 1.59. The van der Waals surface area contributed by atoms with E-state index in [2.05, 4.69) is 20.6 Å². The standard InChI is InChI=1S/C15H15N7O3S/c1-10-6-14(22(23)24)20-21(10)9-25-12-5-3-2-4-11(12)7-17-19-15-18-13(16)8-26-15/h2-8H,9,16H2,1H3,(H,18,19). The third-order valence-corrected chi connectivity index (χ3v) is 4.07. The van der Waals surface area contributed by atoms with Crippen LogP contribution in [-0.4, -0.2) is 25.9 Å². The zero-order valence-electron chi connectivity index (χ0n) is 13.7. The fourth-order valence-electron chi connectivity index (χ4n) is 2.06. The van der Waals surface area contributed by atoms with E-state index in [1.165, 1.54) is 22.1 Å². The van der Waals surface area contributed by atoms with Crippen LogP contribution in [0, 0.1) is 17.0 Å². The Balaban J connectivity index is 1.68. The minimum absolute atomic E-state index is 0.0426. The van der Waals surface area contributed by atoms with E-state index in [-0.39, 0.29) is 12.5 Å². The van der Waals surface area contributed by atoms with Gasteiger partial charge >= 0.3 is 5.82 Å². The van der Waals surface area contributed by atoms with Crippen LogP contribution in [0.2, 0.25) is 0 Å². The SMILES string of the molecule is Cc1cc([N+](=O)[O-])nn1COc1ccccc1C=NNc1nc(N)cs1. The molecule has 0 aliphatic carbocycles. The molecule has 0 bridgehead atoms. The number of aromatic nitrogens is 3. The molecule has 0 aliphatic rings. The number of nitrogen functional groups attached to an aromatic ring is 1. The second kappa shape index (κ2) is 7.61. The molecule has 0 saturated carbocycles. The highest BCUT2D eigenvalue weighted by Gasteiger charge is 2.15. The van der Waals surface area contributed by atoms with Gasteiger partial charge in [0.05, 0.1) is 23.1 Å². The fraction of sp³-hybridized carbons (Fsp3) is 0.133. The van der Waals surface area contributed by atoms with Gasteiger partial charge in [0.2, 0.25) is 11.9 Å². The van der Waals surface area contributed by atoms with Crippen LogP contribution in [0.15, 0.2) is 40.8 Å². The number of para-hydroxylation sites is 1. The Morgan fingerprint density at radius 1 is 1.50 bits per heavy atom. The topological polar surface area (TPSA) is 133 Å². The van der Waals surface area contributed by atoms with Crippen molar-refractivity contribution in [3.8, 4) is 5.75 Å². The molecule has 0 unspecified atom stereocenters. The highest BCUT2D eigenvalue weighted by Crippen LogP contribution is 2.19. The number of anilines is 2. The molecule has 1 aromatic carbocycles. The second-order valence-electron chi connectivity index (χ2n) is 5.16. The predicted octanol–water partition coefficient (Wildman–Crippen LogP) is 2.62. The van der Waals surface area contributed by atoms with Crippen LogP contribution in [0.3, 0.4) is 0 Å². The van der Waals surface area contributed by atoms with E-state index >= 15 is 0 Å². The number of ether oxygens (including phenoxy) is 1. The smallest absolute Gasteiger partial charge is 0.390 e. The van der Waals surface area contributed by atoms with Crippen molar-refractivity contribution in [1.82, 2.24) is 14.8 Å². The monoisotopic (exact) mass is 373 g/mol. The molecule has 3 N–H and O–H groups in total. The second-order valence-corrected chi connectivity index (χ2v) is 6.02. The predicted molar refractivity (Wildman–Crippen MR) is 98.4 cm³/mol. The molecular weight excluding hydrogens is 358 g/mol. The molecule has 0 saturated heterocycles. The zero-order chi connectivity index (χ0) is 18.5. The van der Waals surface area contributed by atoms with Crippen LogP contribution in [0.1, 0.15) is 11.3 Å². The molecule has 2 heterocycles. The van der Waals surface area contributed by atoms with Crippen LogP contribution in [0.25, 0.3) is 0 Å². The maximum atomic E-state index is 10.8. The van der Waals surface area contributed by atoms with Crippen molar-refractivity contribution in [2.45, 2.75) is 13.7 Å². The summed E-state index contributed by atoms with van der Waals surface area (Å²) in [5.74, 6) is 0.780. The van der Waals surface area contributed by atoms with Gasteiger partial charge in [0.25, 0.3) is 0 Å². The lowest BCUT2D eigenvalue weighted by Gasteiger charge is -2.08. The first kappa shape index (κ1) is 17.4. The summed E-state index contributed by atoms with van der Waals surface area (Å²) in [6, 6.07) is 8.66. The average Bonchev–Trinajstić information content (AvgIpc) is 3.20. The number of aryl methyl sites for hydroxylation is 1. The molecule has 2 aromatic heterocycles. The Labute approximate surface area is 152 Å². The highest BCUT2D eigenvalue weighted by atomic mass is 32.1. The molecule has 0 fully saturated rings. The van der Waals surface area contributed by atoms with Gasteiger partial charge in [0, 0.05) is 10.9 Å². The molecule has 10 nitrogen and oxygen atoms in total. The zero-order valence-corrected chi connectivity index (χ0v) is 14.5. The summed E-state index contributed by atoms with van der Waals surface area (Å²) in [6.45, 7) is 1.77. The van der Waals surface area contributed by atoms with Gasteiger partial charge in [-0.2, -0.15) is 5.10 Å². The maximum Gasteiger partial charge on any atom is 0.390 e. The lowest BCUT2D eigenvalue weighted by Crippen LogP contribution is -2.09. The minimum Gasteiger partial charge on any atom is -0.469 e. The van der Waals surface area contributed by atoms with E-state index in [1.54, 1.807) is 24.6 Å². The first-order chi connectivity index (χ1) is 12.5. The Morgan fingerprint density at radius 2 is 2.31 bits per heavy atom. The first-order valence-electron chi connectivity index (χ1n) is 7.43. The van der Waals surface area contributed by atoms with E-state index in [9.17, 15) is 10.1 Å². The quantitative estimate of drug-likeness (QED) is 0.369. The summed E-state index contributed by atoms with van der Waals surface area (Å²) < 4.78 is 7.15. The number of benzene rings is 1. The first-order valence-corrected chi connectivity index (χ1v) is 8.31. The third kappa shape index (κ3) is 4.13. The summed E-state index contributed by atoms with van der Waals surface area (Å²) in [5.41, 5.74) is 9.69. The summed E-state index contributed by atoms with van der Waals surface area (Å²) in [4.78, 5) is 14.3. The molecule has 134 valence electrons. The molecule has 0 amide bonds. The largest absolute Gasteiger partial charge is 0.469 e. The van der Waals surface area contributed by atoms with Crippen LogP contribution < -0.4 is 15.9 Å². The Hall–Kier alpha value is -3.47. The average molecular weight is 373 g/mol. The van der Waals surface area contributed by atoms with E-state index < -0.39 is 4.92 Å². The number of thiazole rings is 1. The van der Waals surface area contributed by atoms with E-state index in [0.717, 1.165) is 5.56 Å². The van der Waals surface area contributed by atoms with Gasteiger partial charge in [-0.3, -0.25) is 5.43 Å². The minimum atomic E-state index is -0.541. The van der Waals surface area contributed by atoms with Gasteiger partial charge < -0.3 is 20.6 Å². The third-order valence-electron chi connectivity index (χ3n) is 3.30. The molecule has 0 atom stereocenters. The number of hydrazone groups is 1. The van der Waals surface area contributed by atoms with Gasteiger partial charge in [0.1, 0.15) is 11.6 Å². The van der Waals surface area contributed by atoms with Crippen LogP contribution in [-0.2, 0) is 6.73 Å². The lowest BCUT2D eigenvalue weighted by atomic mass is 10.2. The number of hydrogen-bond donors (Lipinski definition) is 2. The molecule has 0 radical (unpaired) electrons. The van der Waals surface area contributed by atoms with Crippen molar-refractivity contribution in [2.24, 2.45) is 5.10 Å². The van der Waals surface area contributed by atoms with Crippen molar-refractivity contribution < 1.29 is 9.66 Å². The number of nitro groups is 1. The summed E-state index contributed by atoms with van der Waals surface area (Å²) >= 11 is 1.34. The van der Waals surface area contributed by atoms with Gasteiger partial charge in [-0.25, -0.2) is 4.98 Å². The summed E-state index contributed by atoms with van der Waals surface area (Å²) in [5, 5.41) is 21.1. The van der Waals surface area contributed by atoms with Crippen LogP contribution >= 0.6 is 11.3 Å². The Kier molecular flexibility index (Phi) is 5.08. The Morgan fingerprint density at radius 3 is 3.00 bits per heavy atom. The number of nitrogens with zero attached hydrogens (tertiary/aromatic N) is 5. The van der Waals surface area contributed by atoms with Crippen molar-refractivity contribution in [3.05, 3.63) is 57.1 Å². The number of rotatable bonds is 7. The lowest BCUT2D eigenvalue weighted by molar-refractivity contribution is -0.389. The highest BCUT2D eigenvalue weighted by molar-refractivity contribution is 7.14. The van der Waals surface area contributed by atoms with E-state index in [1.807, 2.05) is 18.2 Å². The number of hydrogen-bond acceptors (Lipinski definition) is 9. The van der Waals surface area contributed by atoms with Gasteiger partial charge in [0.15, 0.2) is 0 Å². The molecule has 3 rings (SSSR count). The normalized spacial score (nSPS) is 11.0. The number of nitrogens with one attached hydrogen (secondary N) is 1. The van der Waals surface area contributed by atoms with Gasteiger partial charge in [-0.15, -0.1) is 16.0 Å². The molecule has 0 spiro atoms. The molecule has 11 heteroatoms. The van der Waals surface area contributed by atoms with Crippen molar-refractivity contribution >= 4 is 34.3 Å². The molecule has 3 aromatic rings. The molecule has 26 heavy (non-hydrogen) atoms. The van der Waals surface area contributed by atoms with Gasteiger partial charge in [-0.05, 0) is 24.0 Å². The Bertz CT molecular complexity index is 950. The van der Waals surface area contributed by atoms with Crippen LogP contribution in [0.4, 0.5) is 16.8 Å². The van der Waals surface area contributed by atoms with Gasteiger partial charge in [-0.1, -0.05) is 12.1 Å². The number of nitrogens with two attached hydrogens (primary N) is 1. The van der Waals surface area contributed by atoms with Crippen molar-refractivity contribution in [2.75, 3.05) is 11.2 Å². The fourth-order valence-corrected chi connectivity index (χ4v) is 2.61.